The number of aliphatic hydroxyl groups is 1. The predicted molar refractivity (Wildman–Crippen MR) is 143 cm³/mol. The van der Waals surface area contributed by atoms with Gasteiger partial charge in [-0.15, -0.1) is 0 Å². The van der Waals surface area contributed by atoms with Crippen LogP contribution in [0.4, 0.5) is 0 Å². The van der Waals surface area contributed by atoms with E-state index < -0.39 is 18.0 Å². The van der Waals surface area contributed by atoms with Gasteiger partial charge < -0.3 is 39.7 Å². The van der Waals surface area contributed by atoms with Crippen molar-refractivity contribution in [2.24, 2.45) is 0 Å². The van der Waals surface area contributed by atoms with Gasteiger partial charge in [-0.25, -0.2) is 9.59 Å². The van der Waals surface area contributed by atoms with Crippen molar-refractivity contribution < 1.29 is 43.9 Å². The number of β-amino-alcohol motifs (C(OH)–C–C–N with tert-alkyl or cyclic N) is 1. The predicted octanol–water partition coefficient (Wildman–Crippen LogP) is 2.10. The number of nitrogens with zero attached hydrogens (tertiary/aromatic N) is 2. The largest absolute Gasteiger partial charge is 0.497 e. The van der Waals surface area contributed by atoms with E-state index in [4.69, 9.17) is 34.0 Å². The van der Waals surface area contributed by atoms with Crippen LogP contribution in [0, 0.1) is 0 Å². The number of hydrogen-bond donors (Lipinski definition) is 4. The molecule has 3 heterocycles. The van der Waals surface area contributed by atoms with Crippen molar-refractivity contribution in [3.63, 3.8) is 0 Å². The maximum absolute atomic E-state index is 12.7. The van der Waals surface area contributed by atoms with Gasteiger partial charge >= 0.3 is 11.9 Å². The van der Waals surface area contributed by atoms with Gasteiger partial charge in [-0.3, -0.25) is 9.78 Å². The van der Waals surface area contributed by atoms with E-state index in [1.807, 2.05) is 24.3 Å². The van der Waals surface area contributed by atoms with Gasteiger partial charge in [0, 0.05) is 42.8 Å². The van der Waals surface area contributed by atoms with Crippen LogP contribution in [0.5, 0.6) is 17.2 Å². The van der Waals surface area contributed by atoms with E-state index in [1.165, 1.54) is 0 Å². The van der Waals surface area contributed by atoms with Crippen molar-refractivity contribution in [2.45, 2.75) is 25.0 Å². The average Bonchev–Trinajstić information content (AvgIpc) is 2.97. The average molecular weight is 554 g/mol. The summed E-state index contributed by atoms with van der Waals surface area (Å²) < 4.78 is 16.5. The van der Waals surface area contributed by atoms with Crippen LogP contribution < -0.4 is 19.5 Å². The smallest absolute Gasteiger partial charge is 0.414 e. The standard InChI is InChI=1S/C26H29N3O5.C2H2O4/c1-32-19-3-4-22-21(15-19)20(6-9-27-22)23(30)16-29-10-7-18(8-11-29)28-26(31)17-2-5-24-25(14-17)34-13-12-33-24;3-1(4)2(5)6/h2-6,9,14-15,18,23,30H,7-8,10-13,16H2,1H3,(H,28,31);(H,3,4)(H,5,6)/t23-;/m0./s1. The number of amides is 1. The Morgan fingerprint density at radius 2 is 1.73 bits per heavy atom. The number of carboxylic acids is 2. The van der Waals surface area contributed by atoms with Gasteiger partial charge in [-0.2, -0.15) is 0 Å². The Labute approximate surface area is 230 Å². The van der Waals surface area contributed by atoms with Gasteiger partial charge in [-0.1, -0.05) is 0 Å². The van der Waals surface area contributed by atoms with Gasteiger partial charge in [0.15, 0.2) is 11.5 Å². The molecule has 2 aliphatic heterocycles. The molecule has 0 unspecified atom stereocenters. The number of methoxy groups -OCH3 is 1. The molecule has 4 N–H and O–H groups in total. The fourth-order valence-corrected chi connectivity index (χ4v) is 4.62. The van der Waals surface area contributed by atoms with Crippen LogP contribution in [0.1, 0.15) is 34.9 Å². The number of benzene rings is 2. The van der Waals surface area contributed by atoms with E-state index >= 15 is 0 Å². The minimum Gasteiger partial charge on any atom is -0.497 e. The van der Waals surface area contributed by atoms with Crippen LogP contribution in [0.25, 0.3) is 10.9 Å². The quantitative estimate of drug-likeness (QED) is 0.330. The molecule has 0 bridgehead atoms. The minimum absolute atomic E-state index is 0.0973. The summed E-state index contributed by atoms with van der Waals surface area (Å²) in [5.74, 6) is -1.72. The number of piperidine rings is 1. The normalized spacial score (nSPS) is 15.8. The number of aliphatic hydroxyl groups excluding tert-OH is 1. The molecule has 0 aliphatic carbocycles. The van der Waals surface area contributed by atoms with Crippen molar-refractivity contribution in [1.82, 2.24) is 15.2 Å². The van der Waals surface area contributed by atoms with E-state index in [0.29, 0.717) is 36.8 Å². The first-order valence-electron chi connectivity index (χ1n) is 12.7. The Hall–Kier alpha value is -4.42. The Bertz CT molecular complexity index is 1360. The van der Waals surface area contributed by atoms with Gasteiger partial charge in [-0.05, 0) is 60.9 Å². The number of carbonyl (C=O) groups excluding carboxylic acids is 1. The Morgan fingerprint density at radius 1 is 1.02 bits per heavy atom. The van der Waals surface area contributed by atoms with Crippen LogP contribution in [0.3, 0.4) is 0 Å². The van der Waals surface area contributed by atoms with Gasteiger partial charge in [0.05, 0.1) is 18.7 Å². The lowest BCUT2D eigenvalue weighted by atomic mass is 10.0. The number of carbonyl (C=O) groups is 3. The molecule has 0 radical (unpaired) electrons. The molecule has 3 aromatic rings. The number of aliphatic carboxylic acids is 2. The number of nitrogens with one attached hydrogen (secondary N) is 1. The molecule has 1 saturated heterocycles. The molecule has 12 heteroatoms. The van der Waals surface area contributed by atoms with Gasteiger partial charge in [0.2, 0.25) is 0 Å². The lowest BCUT2D eigenvalue weighted by Gasteiger charge is -2.33. The monoisotopic (exact) mass is 553 g/mol. The summed E-state index contributed by atoms with van der Waals surface area (Å²) in [4.78, 5) is 37.6. The number of hydrogen-bond acceptors (Lipinski definition) is 9. The lowest BCUT2D eigenvalue weighted by molar-refractivity contribution is -0.159. The zero-order valence-electron chi connectivity index (χ0n) is 21.9. The SMILES string of the molecule is COc1ccc2nccc([C@@H](O)CN3CCC(NC(=O)c4ccc5c(c4)OCCO5)CC3)c2c1.O=C(O)C(=O)O. The first-order chi connectivity index (χ1) is 19.2. The fourth-order valence-electron chi connectivity index (χ4n) is 4.62. The maximum Gasteiger partial charge on any atom is 0.414 e. The highest BCUT2D eigenvalue weighted by atomic mass is 16.6. The molecule has 12 nitrogen and oxygen atoms in total. The van der Waals surface area contributed by atoms with Crippen LogP contribution in [-0.2, 0) is 9.59 Å². The second-order valence-electron chi connectivity index (χ2n) is 9.32. The summed E-state index contributed by atoms with van der Waals surface area (Å²) in [7, 11) is 1.63. The number of likely N-dealkylation sites (tertiary alicyclic amines) is 1. The molecule has 1 aromatic heterocycles. The highest BCUT2D eigenvalue weighted by molar-refractivity contribution is 6.27. The van der Waals surface area contributed by atoms with E-state index in [2.05, 4.69) is 15.2 Å². The number of aromatic nitrogens is 1. The van der Waals surface area contributed by atoms with E-state index in [-0.39, 0.29) is 11.9 Å². The molecular weight excluding hydrogens is 522 g/mol. The maximum atomic E-state index is 12.7. The van der Waals surface area contributed by atoms with Crippen LogP contribution >= 0.6 is 0 Å². The summed E-state index contributed by atoms with van der Waals surface area (Å²) in [5, 5.41) is 29.8. The third-order valence-corrected chi connectivity index (χ3v) is 6.68. The number of fused-ring (bicyclic) bond motifs is 2. The fraction of sp³-hybridized carbons (Fsp3) is 0.357. The second kappa shape index (κ2) is 13.1. The van der Waals surface area contributed by atoms with E-state index in [9.17, 15) is 9.90 Å². The summed E-state index contributed by atoms with van der Waals surface area (Å²) in [6.45, 7) is 3.15. The third-order valence-electron chi connectivity index (χ3n) is 6.68. The molecule has 2 aromatic carbocycles. The van der Waals surface area contributed by atoms with E-state index in [0.717, 1.165) is 48.1 Å². The molecule has 5 rings (SSSR count). The number of ether oxygens (including phenoxy) is 3. The van der Waals surface area contributed by atoms with E-state index in [1.54, 1.807) is 31.5 Å². The Morgan fingerprint density at radius 3 is 2.40 bits per heavy atom. The van der Waals surface area contributed by atoms with Gasteiger partial charge in [0.25, 0.3) is 5.91 Å². The second-order valence-corrected chi connectivity index (χ2v) is 9.32. The first kappa shape index (κ1) is 28.6. The summed E-state index contributed by atoms with van der Waals surface area (Å²) in [6, 6.07) is 12.9. The zero-order chi connectivity index (χ0) is 28.6. The molecule has 0 spiro atoms. The van der Waals surface area contributed by atoms with Gasteiger partial charge in [0.1, 0.15) is 19.0 Å². The molecule has 1 atom stereocenters. The molecule has 1 fully saturated rings. The summed E-state index contributed by atoms with van der Waals surface area (Å²) in [6.07, 6.45) is 2.75. The minimum atomic E-state index is -1.82. The topological polar surface area (TPSA) is 168 Å². The van der Waals surface area contributed by atoms with Crippen molar-refractivity contribution >= 4 is 28.7 Å². The van der Waals surface area contributed by atoms with Crippen LogP contribution in [0.15, 0.2) is 48.7 Å². The highest BCUT2D eigenvalue weighted by Crippen LogP contribution is 2.31. The van der Waals surface area contributed by atoms with Crippen LogP contribution in [-0.4, -0.2) is 89.0 Å². The van der Waals surface area contributed by atoms with Crippen molar-refractivity contribution in [2.75, 3.05) is 40.0 Å². The number of rotatable bonds is 6. The highest BCUT2D eigenvalue weighted by Gasteiger charge is 2.24. The van der Waals surface area contributed by atoms with Crippen molar-refractivity contribution in [1.29, 1.82) is 0 Å². The summed E-state index contributed by atoms with van der Waals surface area (Å²) in [5.41, 5.74) is 2.25. The first-order valence-corrected chi connectivity index (χ1v) is 12.7. The molecule has 40 heavy (non-hydrogen) atoms. The van der Waals surface area contributed by atoms with Crippen molar-refractivity contribution in [3.05, 3.63) is 59.8 Å². The zero-order valence-corrected chi connectivity index (χ0v) is 21.9. The lowest BCUT2D eigenvalue weighted by Crippen LogP contribution is -2.45. The Kier molecular flexibility index (Phi) is 9.35. The number of pyridine rings is 1. The molecular formula is C28H31N3O9. The molecule has 212 valence electrons. The summed E-state index contributed by atoms with van der Waals surface area (Å²) >= 11 is 0. The molecule has 1 amide bonds. The molecule has 0 saturated carbocycles. The van der Waals surface area contributed by atoms with Crippen LogP contribution in [0.2, 0.25) is 0 Å². The Balaban J connectivity index is 0.000000557. The molecule has 2 aliphatic rings. The van der Waals surface area contributed by atoms with Crippen molar-refractivity contribution in [3.8, 4) is 17.2 Å². The number of carboxylic acid groups (broad SMARTS) is 2. The third kappa shape index (κ3) is 7.16.